The number of rotatable bonds is 10. The lowest BCUT2D eigenvalue weighted by Crippen LogP contribution is -2.33. The summed E-state index contributed by atoms with van der Waals surface area (Å²) < 4.78 is 28.3. The minimum atomic E-state index is -3.76. The van der Waals surface area contributed by atoms with Crippen molar-refractivity contribution in [1.29, 1.82) is 0 Å². The molecule has 1 saturated heterocycles. The number of sulfonamides is 1. The van der Waals surface area contributed by atoms with Crippen molar-refractivity contribution < 1.29 is 13.2 Å². The van der Waals surface area contributed by atoms with Crippen LogP contribution >= 0.6 is 11.6 Å². The highest BCUT2D eigenvalue weighted by molar-refractivity contribution is 7.92. The minimum Gasteiger partial charge on any atom is -0.346 e. The quantitative estimate of drug-likeness (QED) is 0.416. The second-order valence-electron chi connectivity index (χ2n) is 10.2. The smallest absolute Gasteiger partial charge is 0.264 e. The van der Waals surface area contributed by atoms with Gasteiger partial charge in [-0.25, -0.2) is 8.42 Å². The molecule has 0 aromatic heterocycles. The Morgan fingerprint density at radius 1 is 1.08 bits per heavy atom. The Morgan fingerprint density at radius 2 is 1.75 bits per heavy atom. The first-order valence-electron chi connectivity index (χ1n) is 12.8. The molecule has 0 aliphatic carbocycles. The number of piperidine rings is 1. The number of amides is 1. The van der Waals surface area contributed by atoms with Gasteiger partial charge in [-0.15, -0.1) is 0 Å². The molecule has 2 aromatic rings. The molecule has 0 spiro atoms. The van der Waals surface area contributed by atoms with E-state index in [2.05, 4.69) is 11.9 Å². The van der Waals surface area contributed by atoms with Crippen molar-refractivity contribution in [1.82, 2.24) is 9.80 Å². The topological polar surface area (TPSA) is 60.9 Å². The average molecular weight is 534 g/mol. The molecule has 0 unspecified atom stereocenters. The van der Waals surface area contributed by atoms with E-state index < -0.39 is 10.0 Å². The van der Waals surface area contributed by atoms with Gasteiger partial charge in [0.1, 0.15) is 0 Å². The molecule has 3 rings (SSSR count). The van der Waals surface area contributed by atoms with Gasteiger partial charge in [0.05, 0.1) is 10.6 Å². The largest absolute Gasteiger partial charge is 0.346 e. The molecule has 1 fully saturated rings. The molecule has 0 N–H and O–H groups in total. The summed E-state index contributed by atoms with van der Waals surface area (Å²) >= 11 is 6.19. The van der Waals surface area contributed by atoms with Gasteiger partial charge in [-0.1, -0.05) is 29.8 Å². The number of hydrogen-bond acceptors (Lipinski definition) is 4. The zero-order chi connectivity index (χ0) is 26.5. The zero-order valence-corrected chi connectivity index (χ0v) is 23.8. The molecule has 0 bridgehead atoms. The summed E-state index contributed by atoms with van der Waals surface area (Å²) in [7, 11) is 1.87. The van der Waals surface area contributed by atoms with Crippen LogP contribution in [0.3, 0.4) is 0 Å². The summed E-state index contributed by atoms with van der Waals surface area (Å²) in [5.74, 6) is 0.850. The van der Waals surface area contributed by atoms with Crippen LogP contribution in [0.4, 0.5) is 5.69 Å². The first kappa shape index (κ1) is 28.5. The summed E-state index contributed by atoms with van der Waals surface area (Å²) in [6, 6.07) is 10.8. The lowest BCUT2D eigenvalue weighted by molar-refractivity contribution is -0.130. The van der Waals surface area contributed by atoms with Gasteiger partial charge in [-0.3, -0.25) is 9.10 Å². The zero-order valence-electron chi connectivity index (χ0n) is 22.3. The predicted molar refractivity (Wildman–Crippen MR) is 148 cm³/mol. The van der Waals surface area contributed by atoms with Gasteiger partial charge in [0, 0.05) is 32.1 Å². The van der Waals surface area contributed by atoms with E-state index in [0.717, 1.165) is 37.2 Å². The Kier molecular flexibility index (Phi) is 9.84. The number of likely N-dealkylation sites (tertiary alicyclic amines) is 1. The fraction of sp³-hybridized carbons (Fsp3) is 0.536. The first-order chi connectivity index (χ1) is 17.0. The van der Waals surface area contributed by atoms with Crippen molar-refractivity contribution in [2.75, 3.05) is 45.1 Å². The standard InChI is InChI=1S/C28H40ClN3O3S/c1-21-20-27(22(2)19-25(21)29)36(34,35)32(5)26-11-7-6-9-24(26)10-8-12-28(33)31(4)18-15-23-13-16-30(3)17-14-23/h6-7,9,11,19-20,23H,8,10,12-18H2,1-5H3. The molecule has 6 nitrogen and oxygen atoms in total. The molecule has 0 radical (unpaired) electrons. The summed E-state index contributed by atoms with van der Waals surface area (Å²) in [4.78, 5) is 17.2. The highest BCUT2D eigenvalue weighted by Gasteiger charge is 2.26. The van der Waals surface area contributed by atoms with Crippen molar-refractivity contribution in [3.05, 3.63) is 58.1 Å². The summed E-state index contributed by atoms with van der Waals surface area (Å²) in [5, 5.41) is 0.551. The SMILES string of the molecule is Cc1cc(S(=O)(=O)N(C)c2ccccc2CCCC(=O)N(C)CCC2CCN(C)CC2)c(C)cc1Cl. The van der Waals surface area contributed by atoms with E-state index in [1.807, 2.05) is 36.2 Å². The highest BCUT2D eigenvalue weighted by atomic mass is 35.5. The molecule has 0 saturated carbocycles. The van der Waals surface area contributed by atoms with Crippen LogP contribution in [-0.4, -0.2) is 64.9 Å². The van der Waals surface area contributed by atoms with E-state index in [9.17, 15) is 13.2 Å². The Balaban J connectivity index is 1.60. The van der Waals surface area contributed by atoms with E-state index in [1.165, 1.54) is 17.1 Å². The number of carbonyl (C=O) groups is 1. The summed E-state index contributed by atoms with van der Waals surface area (Å²) in [6.45, 7) is 6.64. The Hall–Kier alpha value is -2.09. The van der Waals surface area contributed by atoms with Gasteiger partial charge < -0.3 is 9.80 Å². The maximum Gasteiger partial charge on any atom is 0.264 e. The monoisotopic (exact) mass is 533 g/mol. The minimum absolute atomic E-state index is 0.147. The molecule has 198 valence electrons. The van der Waals surface area contributed by atoms with Gasteiger partial charge >= 0.3 is 0 Å². The van der Waals surface area contributed by atoms with Gasteiger partial charge in [-0.2, -0.15) is 0 Å². The summed E-state index contributed by atoms with van der Waals surface area (Å²) in [6.07, 6.45) is 5.22. The van der Waals surface area contributed by atoms with Crippen molar-refractivity contribution in [2.24, 2.45) is 5.92 Å². The van der Waals surface area contributed by atoms with Crippen LogP contribution in [0.1, 0.15) is 48.8 Å². The van der Waals surface area contributed by atoms with E-state index in [1.54, 1.807) is 33.0 Å². The number of nitrogens with zero attached hydrogens (tertiary/aromatic N) is 3. The number of hydrogen-bond donors (Lipinski definition) is 0. The number of aryl methyl sites for hydroxylation is 3. The van der Waals surface area contributed by atoms with Crippen LogP contribution in [0.25, 0.3) is 0 Å². The van der Waals surface area contributed by atoms with Crippen molar-refractivity contribution in [3.63, 3.8) is 0 Å². The molecule has 1 amide bonds. The number of anilines is 1. The van der Waals surface area contributed by atoms with Crippen LogP contribution in [-0.2, 0) is 21.2 Å². The molecular formula is C28H40ClN3O3S. The maximum atomic E-state index is 13.5. The lowest BCUT2D eigenvalue weighted by atomic mass is 9.93. The molecule has 8 heteroatoms. The normalized spacial score (nSPS) is 15.2. The third kappa shape index (κ3) is 7.02. The molecule has 1 aliphatic heterocycles. The van der Waals surface area contributed by atoms with Gasteiger partial charge in [0.2, 0.25) is 5.91 Å². The van der Waals surface area contributed by atoms with Crippen molar-refractivity contribution >= 4 is 33.2 Å². The van der Waals surface area contributed by atoms with E-state index in [0.29, 0.717) is 41.5 Å². The van der Waals surface area contributed by atoms with E-state index >= 15 is 0 Å². The molecule has 1 heterocycles. The number of para-hydroxylation sites is 1. The third-order valence-corrected chi connectivity index (χ3v) is 9.72. The molecular weight excluding hydrogens is 494 g/mol. The Bertz CT molecular complexity index is 1160. The van der Waals surface area contributed by atoms with Crippen molar-refractivity contribution in [2.45, 2.75) is 57.3 Å². The number of carbonyl (C=O) groups excluding carboxylic acids is 1. The second-order valence-corrected chi connectivity index (χ2v) is 12.5. The molecule has 2 aromatic carbocycles. The maximum absolute atomic E-state index is 13.5. The molecule has 1 aliphatic rings. The Morgan fingerprint density at radius 3 is 2.44 bits per heavy atom. The van der Waals surface area contributed by atoms with E-state index in [4.69, 9.17) is 11.6 Å². The van der Waals surface area contributed by atoms with E-state index in [-0.39, 0.29) is 10.8 Å². The van der Waals surface area contributed by atoms with Crippen LogP contribution in [0.5, 0.6) is 0 Å². The molecule has 0 atom stereocenters. The fourth-order valence-electron chi connectivity index (χ4n) is 4.81. The molecule has 36 heavy (non-hydrogen) atoms. The predicted octanol–water partition coefficient (Wildman–Crippen LogP) is 5.29. The van der Waals surface area contributed by atoms with Crippen LogP contribution in [0, 0.1) is 19.8 Å². The van der Waals surface area contributed by atoms with Gasteiger partial charge in [-0.05, 0) is 107 Å². The second kappa shape index (κ2) is 12.4. The van der Waals surface area contributed by atoms with Crippen LogP contribution in [0.15, 0.2) is 41.3 Å². The summed E-state index contributed by atoms with van der Waals surface area (Å²) in [5.41, 5.74) is 2.88. The van der Waals surface area contributed by atoms with Crippen molar-refractivity contribution in [3.8, 4) is 0 Å². The van der Waals surface area contributed by atoms with Gasteiger partial charge in [0.25, 0.3) is 10.0 Å². The third-order valence-electron chi connectivity index (χ3n) is 7.40. The average Bonchev–Trinajstić information content (AvgIpc) is 2.85. The van der Waals surface area contributed by atoms with Crippen LogP contribution in [0.2, 0.25) is 5.02 Å². The Labute approximate surface area is 222 Å². The van der Waals surface area contributed by atoms with Gasteiger partial charge in [0.15, 0.2) is 0 Å². The number of benzene rings is 2. The lowest BCUT2D eigenvalue weighted by Gasteiger charge is -2.30. The number of halogens is 1. The van der Waals surface area contributed by atoms with Crippen LogP contribution < -0.4 is 4.31 Å². The first-order valence-corrected chi connectivity index (χ1v) is 14.6. The fourth-order valence-corrected chi connectivity index (χ4v) is 6.55. The highest BCUT2D eigenvalue weighted by Crippen LogP contribution is 2.30.